The van der Waals surface area contributed by atoms with E-state index in [0.29, 0.717) is 0 Å². The quantitative estimate of drug-likeness (QED) is 0.689. The van der Waals surface area contributed by atoms with E-state index in [0.717, 1.165) is 6.07 Å². The molecule has 0 saturated carbocycles. The number of methoxy groups -OCH3 is 1. The minimum Gasteiger partial charge on any atom is -0.465 e. The minimum atomic E-state index is -0.731. The smallest absolute Gasteiger partial charge is 0.201 e. The Bertz CT molecular complexity index is 757. The maximum atomic E-state index is 13.9. The normalized spacial score (nSPS) is 12.9. The zero-order valence-corrected chi connectivity index (χ0v) is 11.1. The van der Waals surface area contributed by atoms with Crippen LogP contribution < -0.4 is 4.74 Å². The molecule has 0 unspecified atom stereocenters. The Labute approximate surface area is 119 Å². The Kier molecular flexibility index (Phi) is 3.23. The van der Waals surface area contributed by atoms with Gasteiger partial charge in [0.1, 0.15) is 5.82 Å². The molecule has 0 aliphatic heterocycles. The fraction of sp³-hybridized carbons (Fsp3) is 0.133. The monoisotopic (exact) mass is 287 g/mol. The Morgan fingerprint density at radius 2 is 1.90 bits per heavy atom. The summed E-state index contributed by atoms with van der Waals surface area (Å²) in [6, 6.07) is 3.96. The first-order chi connectivity index (χ1) is 10.1. The summed E-state index contributed by atoms with van der Waals surface area (Å²) in [7, 11) is 1.42. The Morgan fingerprint density at radius 1 is 1.10 bits per heavy atom. The summed E-state index contributed by atoms with van der Waals surface area (Å²) < 4.78 is 23.9. The number of aromatic nitrogens is 1. The van der Waals surface area contributed by atoms with Crippen LogP contribution in [-0.4, -0.2) is 30.5 Å². The number of carbonyl (C=O) groups excluding carboxylic acids is 2. The highest BCUT2D eigenvalue weighted by molar-refractivity contribution is 6.29. The Morgan fingerprint density at radius 3 is 2.67 bits per heavy atom. The molecule has 106 valence electrons. The molecule has 6 heteroatoms. The minimum absolute atomic E-state index is 0.0182. The van der Waals surface area contributed by atoms with Gasteiger partial charge in [0.2, 0.25) is 5.78 Å². The largest absolute Gasteiger partial charge is 0.465 e. The lowest BCUT2D eigenvalue weighted by Crippen LogP contribution is -2.23. The van der Waals surface area contributed by atoms with Crippen LogP contribution in [0.5, 0.6) is 5.75 Å². The fourth-order valence-corrected chi connectivity index (χ4v) is 2.29. The van der Waals surface area contributed by atoms with E-state index < -0.39 is 17.4 Å². The average molecular weight is 287 g/mol. The Hall–Kier alpha value is -2.60. The van der Waals surface area contributed by atoms with Crippen molar-refractivity contribution in [2.24, 2.45) is 0 Å². The van der Waals surface area contributed by atoms with Crippen molar-refractivity contribution >= 4 is 11.6 Å². The predicted octanol–water partition coefficient (Wildman–Crippen LogP) is 1.98. The predicted molar refractivity (Wildman–Crippen MR) is 70.0 cm³/mol. The highest BCUT2D eigenvalue weighted by Gasteiger charge is 2.34. The van der Waals surface area contributed by atoms with Gasteiger partial charge in [-0.2, -0.15) is 0 Å². The van der Waals surface area contributed by atoms with Crippen molar-refractivity contribution in [3.63, 3.8) is 0 Å². The maximum absolute atomic E-state index is 13.9. The number of benzene rings is 1. The lowest BCUT2D eigenvalue weighted by molar-refractivity contribution is 0.0499. The summed E-state index contributed by atoms with van der Waals surface area (Å²) >= 11 is 0. The van der Waals surface area contributed by atoms with Gasteiger partial charge in [-0.05, 0) is 6.07 Å². The van der Waals surface area contributed by atoms with Gasteiger partial charge in [-0.15, -0.1) is 0 Å². The summed E-state index contributed by atoms with van der Waals surface area (Å²) in [5, 5.41) is 0. The molecule has 2 aromatic rings. The van der Waals surface area contributed by atoms with Crippen molar-refractivity contribution in [2.45, 2.75) is 0 Å². The second kappa shape index (κ2) is 5.06. The van der Waals surface area contributed by atoms with Crippen molar-refractivity contribution < 1.29 is 23.5 Å². The number of ether oxygens (including phenoxy) is 2. The summed E-state index contributed by atoms with van der Waals surface area (Å²) in [5.41, 5.74) is -0.0713. The molecule has 1 aliphatic carbocycles. The number of hydrogen-bond acceptors (Lipinski definition) is 5. The number of ketones is 2. The maximum Gasteiger partial charge on any atom is 0.201 e. The van der Waals surface area contributed by atoms with Crippen LogP contribution in [0, 0.1) is 5.82 Å². The summed E-state index contributed by atoms with van der Waals surface area (Å²) in [4.78, 5) is 28.8. The third-order valence-electron chi connectivity index (χ3n) is 3.20. The molecule has 0 saturated heterocycles. The average Bonchev–Trinajstić information content (AvgIpc) is 2.50. The van der Waals surface area contributed by atoms with Crippen molar-refractivity contribution in [3.05, 3.63) is 58.7 Å². The Balaban J connectivity index is 2.21. The van der Waals surface area contributed by atoms with Gasteiger partial charge in [-0.25, -0.2) is 4.39 Å². The van der Waals surface area contributed by atoms with E-state index in [1.165, 1.54) is 31.6 Å². The number of pyridine rings is 1. The number of rotatable bonds is 3. The molecule has 5 nitrogen and oxygen atoms in total. The number of hydrogen-bond donors (Lipinski definition) is 0. The van der Waals surface area contributed by atoms with Crippen molar-refractivity contribution in [1.82, 2.24) is 4.98 Å². The second-order valence-electron chi connectivity index (χ2n) is 4.43. The summed E-state index contributed by atoms with van der Waals surface area (Å²) in [5.74, 6) is -1.67. The molecular formula is C15H10FNO4. The van der Waals surface area contributed by atoms with Crippen LogP contribution in [0.3, 0.4) is 0 Å². The van der Waals surface area contributed by atoms with Crippen molar-refractivity contribution in [1.29, 1.82) is 0 Å². The first-order valence-corrected chi connectivity index (χ1v) is 6.12. The van der Waals surface area contributed by atoms with E-state index in [-0.39, 0.29) is 34.8 Å². The molecule has 0 fully saturated rings. The van der Waals surface area contributed by atoms with Gasteiger partial charge in [-0.1, -0.05) is 12.1 Å². The van der Waals surface area contributed by atoms with Crippen LogP contribution in [0.15, 0.2) is 30.6 Å². The molecule has 0 atom stereocenters. The summed E-state index contributed by atoms with van der Waals surface area (Å²) in [6.45, 7) is -0.107. The number of fused-ring (bicyclic) bond motifs is 2. The van der Waals surface area contributed by atoms with E-state index in [1.54, 1.807) is 0 Å². The molecule has 0 amide bonds. The van der Waals surface area contributed by atoms with Gasteiger partial charge in [0.15, 0.2) is 18.3 Å². The van der Waals surface area contributed by atoms with Crippen LogP contribution in [0.4, 0.5) is 4.39 Å². The van der Waals surface area contributed by atoms with Gasteiger partial charge in [-0.3, -0.25) is 14.6 Å². The second-order valence-corrected chi connectivity index (χ2v) is 4.43. The number of nitrogens with zero attached hydrogens (tertiary/aromatic N) is 1. The van der Waals surface area contributed by atoms with E-state index in [4.69, 9.17) is 9.47 Å². The van der Waals surface area contributed by atoms with Gasteiger partial charge in [0, 0.05) is 18.9 Å². The third-order valence-corrected chi connectivity index (χ3v) is 3.20. The van der Waals surface area contributed by atoms with Crippen LogP contribution in [0.2, 0.25) is 0 Å². The lowest BCUT2D eigenvalue weighted by Gasteiger charge is -2.19. The molecule has 3 rings (SSSR count). The standard InChI is InChI=1S/C15H10FNO4/c1-20-7-21-11-6-17-5-9-13(11)15(19)12-8(14(9)18)3-2-4-10(12)16/h2-6H,7H2,1H3. The summed E-state index contributed by atoms with van der Waals surface area (Å²) in [6.07, 6.45) is 2.58. The first-order valence-electron chi connectivity index (χ1n) is 6.12. The molecule has 0 bridgehead atoms. The van der Waals surface area contributed by atoms with Gasteiger partial charge >= 0.3 is 0 Å². The third kappa shape index (κ3) is 2.00. The van der Waals surface area contributed by atoms with Crippen LogP contribution in [-0.2, 0) is 4.74 Å². The van der Waals surface area contributed by atoms with Crippen molar-refractivity contribution in [3.8, 4) is 5.75 Å². The molecule has 0 spiro atoms. The molecule has 1 heterocycles. The molecule has 1 aliphatic rings. The van der Waals surface area contributed by atoms with E-state index in [1.807, 2.05) is 0 Å². The zero-order chi connectivity index (χ0) is 15.0. The molecule has 0 N–H and O–H groups in total. The first kappa shape index (κ1) is 13.4. The zero-order valence-electron chi connectivity index (χ0n) is 11.1. The highest BCUT2D eigenvalue weighted by atomic mass is 19.1. The van der Waals surface area contributed by atoms with Crippen LogP contribution >= 0.6 is 0 Å². The van der Waals surface area contributed by atoms with Crippen molar-refractivity contribution in [2.75, 3.05) is 13.9 Å². The van der Waals surface area contributed by atoms with E-state index in [2.05, 4.69) is 4.98 Å². The van der Waals surface area contributed by atoms with Crippen LogP contribution in [0.25, 0.3) is 0 Å². The fourth-order valence-electron chi connectivity index (χ4n) is 2.29. The number of carbonyl (C=O) groups is 2. The van der Waals surface area contributed by atoms with E-state index >= 15 is 0 Å². The van der Waals surface area contributed by atoms with Gasteiger partial charge < -0.3 is 9.47 Å². The molecule has 0 radical (unpaired) electrons. The number of halogens is 1. The highest BCUT2D eigenvalue weighted by Crippen LogP contribution is 2.33. The molecule has 21 heavy (non-hydrogen) atoms. The van der Waals surface area contributed by atoms with E-state index in [9.17, 15) is 14.0 Å². The molecule has 1 aromatic heterocycles. The van der Waals surface area contributed by atoms with Crippen LogP contribution in [0.1, 0.15) is 31.8 Å². The van der Waals surface area contributed by atoms with Gasteiger partial charge in [0.25, 0.3) is 0 Å². The van der Waals surface area contributed by atoms with Gasteiger partial charge in [0.05, 0.1) is 22.9 Å². The topological polar surface area (TPSA) is 65.5 Å². The lowest BCUT2D eigenvalue weighted by atomic mass is 9.84. The molecular weight excluding hydrogens is 277 g/mol. The molecule has 1 aromatic carbocycles. The SMILES string of the molecule is COCOc1cncc2c1C(=O)c1c(F)cccc1C2=O.